The van der Waals surface area contributed by atoms with Crippen LogP contribution in [0.25, 0.3) is 0 Å². The number of hydrogen-bond donors (Lipinski definition) is 1. The number of hydrogen-bond acceptors (Lipinski definition) is 7. The highest BCUT2D eigenvalue weighted by molar-refractivity contribution is 7.14. The van der Waals surface area contributed by atoms with E-state index < -0.39 is 0 Å². The van der Waals surface area contributed by atoms with Gasteiger partial charge in [-0.3, -0.25) is 19.8 Å². The first-order chi connectivity index (χ1) is 15.1. The standard InChI is InChI=1S/C22H25N5O2S2/c1-2-19-23-18(15-30-19)13-26-8-10-27(11-9-26)20(28)12-17-14-31-22(24-17)25-21(29)16-6-4-3-5-7-16/h3-7,14-15H,2,8-13H2,1H3,(H,24,25,29). The maximum atomic E-state index is 12.7. The summed E-state index contributed by atoms with van der Waals surface area (Å²) in [7, 11) is 0. The first kappa shape index (κ1) is 21.6. The molecule has 0 unspecified atom stereocenters. The number of benzene rings is 1. The average molecular weight is 456 g/mol. The fourth-order valence-corrected chi connectivity index (χ4v) is 4.88. The molecule has 0 radical (unpaired) electrons. The molecule has 1 N–H and O–H groups in total. The summed E-state index contributed by atoms with van der Waals surface area (Å²) in [5, 5.41) is 8.45. The lowest BCUT2D eigenvalue weighted by molar-refractivity contribution is -0.132. The van der Waals surface area contributed by atoms with E-state index in [2.05, 4.69) is 32.5 Å². The molecule has 0 spiro atoms. The van der Waals surface area contributed by atoms with Gasteiger partial charge in [0.15, 0.2) is 5.13 Å². The van der Waals surface area contributed by atoms with E-state index in [1.54, 1.807) is 23.5 Å². The van der Waals surface area contributed by atoms with Crippen molar-refractivity contribution in [3.63, 3.8) is 0 Å². The number of aryl methyl sites for hydroxylation is 1. The normalized spacial score (nSPS) is 14.5. The van der Waals surface area contributed by atoms with Crippen LogP contribution in [0.3, 0.4) is 0 Å². The van der Waals surface area contributed by atoms with Gasteiger partial charge in [-0.05, 0) is 18.6 Å². The van der Waals surface area contributed by atoms with Crippen molar-refractivity contribution >= 4 is 39.6 Å². The van der Waals surface area contributed by atoms with Gasteiger partial charge in [0.25, 0.3) is 5.91 Å². The van der Waals surface area contributed by atoms with Crippen LogP contribution in [-0.4, -0.2) is 57.8 Å². The Balaban J connectivity index is 1.24. The largest absolute Gasteiger partial charge is 0.340 e. The van der Waals surface area contributed by atoms with Gasteiger partial charge in [-0.25, -0.2) is 9.97 Å². The third kappa shape index (κ3) is 5.75. The smallest absolute Gasteiger partial charge is 0.257 e. The van der Waals surface area contributed by atoms with E-state index in [-0.39, 0.29) is 18.2 Å². The van der Waals surface area contributed by atoms with Crippen molar-refractivity contribution in [3.8, 4) is 0 Å². The van der Waals surface area contributed by atoms with Gasteiger partial charge in [0.05, 0.1) is 22.8 Å². The SMILES string of the molecule is CCc1nc(CN2CCN(C(=O)Cc3csc(NC(=O)c4ccccc4)n3)CC2)cs1. The summed E-state index contributed by atoms with van der Waals surface area (Å²) in [6, 6.07) is 9.01. The number of aromatic nitrogens is 2. The van der Waals surface area contributed by atoms with Crippen molar-refractivity contribution < 1.29 is 9.59 Å². The average Bonchev–Trinajstić information content (AvgIpc) is 3.44. The van der Waals surface area contributed by atoms with E-state index in [4.69, 9.17) is 0 Å². The minimum absolute atomic E-state index is 0.0767. The number of nitrogens with one attached hydrogen (secondary N) is 1. The van der Waals surface area contributed by atoms with Crippen molar-refractivity contribution in [3.05, 3.63) is 63.1 Å². The van der Waals surface area contributed by atoms with Crippen LogP contribution in [0.1, 0.15) is 33.7 Å². The van der Waals surface area contributed by atoms with E-state index in [0.29, 0.717) is 29.5 Å². The second-order valence-electron chi connectivity index (χ2n) is 7.38. The van der Waals surface area contributed by atoms with Gasteiger partial charge < -0.3 is 4.90 Å². The van der Waals surface area contributed by atoms with Crippen LogP contribution in [0.5, 0.6) is 0 Å². The Bertz CT molecular complexity index is 1030. The molecule has 7 nitrogen and oxygen atoms in total. The Kier molecular flexibility index (Phi) is 7.06. The van der Waals surface area contributed by atoms with Crippen LogP contribution in [-0.2, 0) is 24.2 Å². The molecule has 31 heavy (non-hydrogen) atoms. The topological polar surface area (TPSA) is 78.4 Å². The molecule has 1 aromatic carbocycles. The van der Waals surface area contributed by atoms with E-state index in [1.807, 2.05) is 28.5 Å². The highest BCUT2D eigenvalue weighted by Gasteiger charge is 2.22. The van der Waals surface area contributed by atoms with Crippen molar-refractivity contribution in [2.45, 2.75) is 26.3 Å². The molecule has 0 saturated carbocycles. The van der Waals surface area contributed by atoms with E-state index >= 15 is 0 Å². The molecule has 1 fully saturated rings. The fraction of sp³-hybridized carbons (Fsp3) is 0.364. The first-order valence-electron chi connectivity index (χ1n) is 10.3. The third-order valence-electron chi connectivity index (χ3n) is 5.15. The van der Waals surface area contributed by atoms with Crippen LogP contribution in [0.4, 0.5) is 5.13 Å². The number of nitrogens with zero attached hydrogens (tertiary/aromatic N) is 4. The summed E-state index contributed by atoms with van der Waals surface area (Å²) in [4.78, 5) is 38.2. The zero-order chi connectivity index (χ0) is 21.6. The Morgan fingerprint density at radius 2 is 1.74 bits per heavy atom. The molecule has 4 rings (SSSR count). The van der Waals surface area contributed by atoms with E-state index in [9.17, 15) is 9.59 Å². The zero-order valence-corrected chi connectivity index (χ0v) is 19.0. The number of rotatable bonds is 7. The molecule has 162 valence electrons. The maximum Gasteiger partial charge on any atom is 0.257 e. The predicted octanol–water partition coefficient (Wildman–Crippen LogP) is 3.30. The predicted molar refractivity (Wildman–Crippen MR) is 124 cm³/mol. The number of anilines is 1. The summed E-state index contributed by atoms with van der Waals surface area (Å²) in [5.41, 5.74) is 2.39. The molecule has 0 atom stereocenters. The van der Waals surface area contributed by atoms with Crippen LogP contribution in [0.2, 0.25) is 0 Å². The van der Waals surface area contributed by atoms with Gasteiger partial charge >= 0.3 is 0 Å². The first-order valence-corrected chi connectivity index (χ1v) is 12.1. The Morgan fingerprint density at radius 3 is 2.45 bits per heavy atom. The minimum Gasteiger partial charge on any atom is -0.340 e. The van der Waals surface area contributed by atoms with Crippen molar-refractivity contribution in [1.82, 2.24) is 19.8 Å². The summed E-state index contributed by atoms with van der Waals surface area (Å²) >= 11 is 3.05. The molecular formula is C22H25N5O2S2. The molecule has 3 aromatic rings. The highest BCUT2D eigenvalue weighted by Crippen LogP contribution is 2.18. The Hall–Kier alpha value is -2.62. The van der Waals surface area contributed by atoms with Crippen LogP contribution in [0, 0.1) is 0 Å². The summed E-state index contributed by atoms with van der Waals surface area (Å²) in [6.45, 7) is 6.08. The summed E-state index contributed by atoms with van der Waals surface area (Å²) in [5.74, 6) is -0.122. The van der Waals surface area contributed by atoms with Gasteiger partial charge in [-0.1, -0.05) is 25.1 Å². The molecule has 0 bridgehead atoms. The van der Waals surface area contributed by atoms with Crippen molar-refractivity contribution in [1.29, 1.82) is 0 Å². The van der Waals surface area contributed by atoms with Gasteiger partial charge in [-0.15, -0.1) is 22.7 Å². The van der Waals surface area contributed by atoms with Crippen LogP contribution in [0.15, 0.2) is 41.1 Å². The Labute approximate surface area is 189 Å². The van der Waals surface area contributed by atoms with Gasteiger partial charge in [0.2, 0.25) is 5.91 Å². The molecule has 1 aliphatic heterocycles. The van der Waals surface area contributed by atoms with Crippen molar-refractivity contribution in [2.24, 2.45) is 0 Å². The second kappa shape index (κ2) is 10.1. The van der Waals surface area contributed by atoms with Gasteiger partial charge in [0.1, 0.15) is 0 Å². The molecule has 9 heteroatoms. The number of carbonyl (C=O) groups excluding carboxylic acids is 2. The van der Waals surface area contributed by atoms with Crippen molar-refractivity contribution in [2.75, 3.05) is 31.5 Å². The molecule has 1 saturated heterocycles. The van der Waals surface area contributed by atoms with Crippen LogP contribution >= 0.6 is 22.7 Å². The number of carbonyl (C=O) groups is 2. The quantitative estimate of drug-likeness (QED) is 0.591. The molecule has 2 aromatic heterocycles. The zero-order valence-electron chi connectivity index (χ0n) is 17.4. The lowest BCUT2D eigenvalue weighted by Crippen LogP contribution is -2.48. The Morgan fingerprint density at radius 1 is 1.00 bits per heavy atom. The molecule has 0 aliphatic carbocycles. The van der Waals surface area contributed by atoms with E-state index in [0.717, 1.165) is 31.7 Å². The lowest BCUT2D eigenvalue weighted by atomic mass is 10.2. The molecule has 1 aliphatic rings. The number of piperazine rings is 1. The van der Waals surface area contributed by atoms with Gasteiger partial charge in [-0.2, -0.15) is 0 Å². The number of thiazole rings is 2. The third-order valence-corrected chi connectivity index (χ3v) is 7.00. The monoisotopic (exact) mass is 455 g/mol. The number of amides is 2. The second-order valence-corrected chi connectivity index (χ2v) is 9.18. The summed E-state index contributed by atoms with van der Waals surface area (Å²) in [6.07, 6.45) is 1.23. The molecule has 2 amide bonds. The van der Waals surface area contributed by atoms with E-state index in [1.165, 1.54) is 16.3 Å². The van der Waals surface area contributed by atoms with Gasteiger partial charge in [0, 0.05) is 49.0 Å². The lowest BCUT2D eigenvalue weighted by Gasteiger charge is -2.34. The fourth-order valence-electron chi connectivity index (χ4n) is 3.44. The molecule has 3 heterocycles. The highest BCUT2D eigenvalue weighted by atomic mass is 32.1. The minimum atomic E-state index is -0.199. The van der Waals surface area contributed by atoms with Crippen LogP contribution < -0.4 is 5.32 Å². The molecular weight excluding hydrogens is 430 g/mol. The summed E-state index contributed by atoms with van der Waals surface area (Å²) < 4.78 is 0. The maximum absolute atomic E-state index is 12.7.